The zero-order valence-corrected chi connectivity index (χ0v) is 12.2. The van der Waals surface area contributed by atoms with Gasteiger partial charge in [-0.1, -0.05) is 19.8 Å². The number of nitrogen functional groups attached to an aromatic ring is 1. The highest BCUT2D eigenvalue weighted by Crippen LogP contribution is 2.34. The molecular weight excluding hydrogens is 252 g/mol. The smallest absolute Gasteiger partial charge is 0.161 e. The Hall–Kier alpha value is -1.20. The molecule has 5 nitrogen and oxygen atoms in total. The second-order valence-corrected chi connectivity index (χ2v) is 5.81. The average Bonchev–Trinajstić information content (AvgIpc) is 3.01. The standard InChI is InChI=1S/C15H24N4O/c1-2-19-7-8-20-13(10-19)15-17-12(9-14(16)18-15)11-5-3-4-6-11/h9,11,13H,2-8,10H2,1H3,(H2,16,17,18). The van der Waals surface area contributed by atoms with Gasteiger partial charge in [0, 0.05) is 30.8 Å². The van der Waals surface area contributed by atoms with Crippen molar-refractivity contribution in [3.63, 3.8) is 0 Å². The molecule has 1 aliphatic carbocycles. The van der Waals surface area contributed by atoms with Crippen LogP contribution in [0.5, 0.6) is 0 Å². The minimum absolute atomic E-state index is 0.0349. The highest BCUT2D eigenvalue weighted by Gasteiger charge is 2.26. The summed E-state index contributed by atoms with van der Waals surface area (Å²) < 4.78 is 5.85. The van der Waals surface area contributed by atoms with E-state index in [9.17, 15) is 0 Å². The molecule has 1 unspecified atom stereocenters. The monoisotopic (exact) mass is 276 g/mol. The van der Waals surface area contributed by atoms with Crippen molar-refractivity contribution in [2.45, 2.75) is 44.6 Å². The lowest BCUT2D eigenvalue weighted by Gasteiger charge is -2.31. The van der Waals surface area contributed by atoms with Crippen LogP contribution >= 0.6 is 0 Å². The molecule has 1 atom stereocenters. The molecule has 20 heavy (non-hydrogen) atoms. The van der Waals surface area contributed by atoms with Gasteiger partial charge in [-0.05, 0) is 19.4 Å². The number of hydrogen-bond donors (Lipinski definition) is 1. The first kappa shape index (κ1) is 13.8. The van der Waals surface area contributed by atoms with Gasteiger partial charge in [-0.2, -0.15) is 0 Å². The summed E-state index contributed by atoms with van der Waals surface area (Å²) in [6.45, 7) is 5.81. The first-order valence-corrected chi connectivity index (χ1v) is 7.74. The number of likely N-dealkylation sites (N-methyl/N-ethyl adjacent to an activating group) is 1. The molecule has 0 amide bonds. The molecule has 2 fully saturated rings. The second-order valence-electron chi connectivity index (χ2n) is 5.81. The summed E-state index contributed by atoms with van der Waals surface area (Å²) in [6.07, 6.45) is 5.01. The summed E-state index contributed by atoms with van der Waals surface area (Å²) in [4.78, 5) is 11.5. The fraction of sp³-hybridized carbons (Fsp3) is 0.733. The molecular formula is C15H24N4O. The first-order valence-electron chi connectivity index (χ1n) is 7.74. The quantitative estimate of drug-likeness (QED) is 0.916. The summed E-state index contributed by atoms with van der Waals surface area (Å²) in [5, 5.41) is 0. The molecule has 0 aromatic carbocycles. The lowest BCUT2D eigenvalue weighted by Crippen LogP contribution is -2.38. The van der Waals surface area contributed by atoms with Gasteiger partial charge in [-0.3, -0.25) is 4.90 Å². The Balaban J connectivity index is 1.81. The number of nitrogens with zero attached hydrogens (tertiary/aromatic N) is 3. The van der Waals surface area contributed by atoms with Crippen molar-refractivity contribution in [1.82, 2.24) is 14.9 Å². The van der Waals surface area contributed by atoms with Crippen molar-refractivity contribution in [2.75, 3.05) is 32.0 Å². The van der Waals surface area contributed by atoms with Gasteiger partial charge in [0.2, 0.25) is 0 Å². The lowest BCUT2D eigenvalue weighted by atomic mass is 10.0. The molecule has 110 valence electrons. The Morgan fingerprint density at radius 3 is 2.90 bits per heavy atom. The third-order valence-corrected chi connectivity index (χ3v) is 4.44. The molecule has 2 aliphatic rings. The molecule has 1 saturated heterocycles. The minimum Gasteiger partial charge on any atom is -0.384 e. The Labute approximate surface area is 120 Å². The van der Waals surface area contributed by atoms with Crippen LogP contribution in [0.1, 0.15) is 56.1 Å². The highest BCUT2D eigenvalue weighted by atomic mass is 16.5. The number of anilines is 1. The van der Waals surface area contributed by atoms with Gasteiger partial charge in [0.15, 0.2) is 5.82 Å². The van der Waals surface area contributed by atoms with Gasteiger partial charge in [0.05, 0.1) is 6.61 Å². The van der Waals surface area contributed by atoms with E-state index in [1.165, 1.54) is 25.7 Å². The van der Waals surface area contributed by atoms with Gasteiger partial charge >= 0.3 is 0 Å². The second kappa shape index (κ2) is 6.06. The van der Waals surface area contributed by atoms with E-state index >= 15 is 0 Å². The van der Waals surface area contributed by atoms with E-state index in [0.717, 1.165) is 37.8 Å². The molecule has 1 aromatic heterocycles. The summed E-state index contributed by atoms with van der Waals surface area (Å²) in [5.74, 6) is 1.91. The van der Waals surface area contributed by atoms with E-state index in [1.54, 1.807) is 0 Å². The lowest BCUT2D eigenvalue weighted by molar-refractivity contribution is -0.0326. The number of morpholine rings is 1. The topological polar surface area (TPSA) is 64.3 Å². The van der Waals surface area contributed by atoms with E-state index in [0.29, 0.717) is 11.7 Å². The SMILES string of the molecule is CCN1CCOC(c2nc(N)cc(C3CCCC3)n2)C1. The van der Waals surface area contributed by atoms with Gasteiger partial charge in [0.25, 0.3) is 0 Å². The van der Waals surface area contributed by atoms with Crippen LogP contribution in [0.3, 0.4) is 0 Å². The van der Waals surface area contributed by atoms with Gasteiger partial charge in [-0.15, -0.1) is 0 Å². The number of aromatic nitrogens is 2. The van der Waals surface area contributed by atoms with Crippen LogP contribution in [0.4, 0.5) is 5.82 Å². The molecule has 1 saturated carbocycles. The maximum Gasteiger partial charge on any atom is 0.161 e. The van der Waals surface area contributed by atoms with Crippen molar-refractivity contribution in [3.05, 3.63) is 17.6 Å². The van der Waals surface area contributed by atoms with E-state index in [-0.39, 0.29) is 6.10 Å². The van der Waals surface area contributed by atoms with E-state index in [1.807, 2.05) is 6.07 Å². The number of ether oxygens (including phenoxy) is 1. The van der Waals surface area contributed by atoms with Crippen LogP contribution < -0.4 is 5.73 Å². The molecule has 1 aliphatic heterocycles. The molecule has 2 N–H and O–H groups in total. The van der Waals surface area contributed by atoms with Crippen molar-refractivity contribution >= 4 is 5.82 Å². The maximum atomic E-state index is 5.98. The number of hydrogen-bond acceptors (Lipinski definition) is 5. The van der Waals surface area contributed by atoms with Crippen LogP contribution in [0, 0.1) is 0 Å². The van der Waals surface area contributed by atoms with Crippen LogP contribution in [0.15, 0.2) is 6.07 Å². The van der Waals surface area contributed by atoms with Crippen molar-refractivity contribution in [1.29, 1.82) is 0 Å². The number of nitrogens with two attached hydrogens (primary N) is 1. The van der Waals surface area contributed by atoms with E-state index in [2.05, 4.69) is 16.8 Å². The Morgan fingerprint density at radius 2 is 2.15 bits per heavy atom. The van der Waals surface area contributed by atoms with Crippen LogP contribution in [0.2, 0.25) is 0 Å². The predicted molar refractivity (Wildman–Crippen MR) is 78.5 cm³/mol. The van der Waals surface area contributed by atoms with Gasteiger partial charge < -0.3 is 10.5 Å². The predicted octanol–water partition coefficient (Wildman–Crippen LogP) is 2.11. The zero-order valence-electron chi connectivity index (χ0n) is 12.2. The zero-order chi connectivity index (χ0) is 13.9. The van der Waals surface area contributed by atoms with Gasteiger partial charge in [0.1, 0.15) is 11.9 Å². The Morgan fingerprint density at radius 1 is 1.35 bits per heavy atom. The fourth-order valence-corrected chi connectivity index (χ4v) is 3.23. The average molecular weight is 276 g/mol. The molecule has 0 radical (unpaired) electrons. The summed E-state index contributed by atoms with van der Waals surface area (Å²) in [7, 11) is 0. The first-order chi connectivity index (χ1) is 9.76. The van der Waals surface area contributed by atoms with E-state index < -0.39 is 0 Å². The summed E-state index contributed by atoms with van der Waals surface area (Å²) in [5.41, 5.74) is 7.09. The Kier molecular flexibility index (Phi) is 4.17. The molecule has 2 heterocycles. The maximum absolute atomic E-state index is 5.98. The largest absolute Gasteiger partial charge is 0.384 e. The summed E-state index contributed by atoms with van der Waals surface area (Å²) in [6, 6.07) is 1.94. The fourth-order valence-electron chi connectivity index (χ4n) is 3.23. The molecule has 3 rings (SSSR count). The third kappa shape index (κ3) is 2.94. The Bertz CT molecular complexity index is 459. The van der Waals surface area contributed by atoms with Crippen LogP contribution in [-0.4, -0.2) is 41.1 Å². The van der Waals surface area contributed by atoms with Crippen molar-refractivity contribution < 1.29 is 4.74 Å². The summed E-state index contributed by atoms with van der Waals surface area (Å²) >= 11 is 0. The molecule has 5 heteroatoms. The van der Waals surface area contributed by atoms with Crippen molar-refractivity contribution in [2.24, 2.45) is 0 Å². The minimum atomic E-state index is -0.0349. The van der Waals surface area contributed by atoms with Crippen molar-refractivity contribution in [3.8, 4) is 0 Å². The van der Waals surface area contributed by atoms with Crippen LogP contribution in [-0.2, 0) is 4.74 Å². The molecule has 0 bridgehead atoms. The molecule has 1 aromatic rings. The molecule has 0 spiro atoms. The highest BCUT2D eigenvalue weighted by molar-refractivity contribution is 5.32. The van der Waals surface area contributed by atoms with Gasteiger partial charge in [-0.25, -0.2) is 9.97 Å². The number of rotatable bonds is 3. The van der Waals surface area contributed by atoms with Crippen LogP contribution in [0.25, 0.3) is 0 Å². The third-order valence-electron chi connectivity index (χ3n) is 4.44. The van der Waals surface area contributed by atoms with E-state index in [4.69, 9.17) is 15.5 Å². The normalized spacial score (nSPS) is 25.1.